The standard InChI is InChI=1S/C13H14ClNOS/c14-12-7-11(8-15)1-2-13(12)16-5-3-10-4-6-17-9-10/h1-2,4,6-7,9H,3,5,8,15H2. The van der Waals surface area contributed by atoms with E-state index in [1.54, 1.807) is 11.3 Å². The minimum Gasteiger partial charge on any atom is -0.492 e. The van der Waals surface area contributed by atoms with Crippen LogP contribution in [0.1, 0.15) is 11.1 Å². The van der Waals surface area contributed by atoms with Crippen LogP contribution in [0, 0.1) is 0 Å². The van der Waals surface area contributed by atoms with Crippen LogP contribution in [0.4, 0.5) is 0 Å². The molecule has 2 rings (SSSR count). The lowest BCUT2D eigenvalue weighted by atomic mass is 10.2. The molecule has 0 amide bonds. The lowest BCUT2D eigenvalue weighted by Gasteiger charge is -2.08. The fourth-order valence-electron chi connectivity index (χ4n) is 1.50. The van der Waals surface area contributed by atoms with Gasteiger partial charge in [-0.05, 0) is 40.1 Å². The van der Waals surface area contributed by atoms with Gasteiger partial charge in [0.1, 0.15) is 5.75 Å². The van der Waals surface area contributed by atoms with Crippen molar-refractivity contribution >= 4 is 22.9 Å². The monoisotopic (exact) mass is 267 g/mol. The van der Waals surface area contributed by atoms with Crippen LogP contribution < -0.4 is 10.5 Å². The molecule has 90 valence electrons. The molecule has 0 aliphatic heterocycles. The average molecular weight is 268 g/mol. The number of ether oxygens (including phenoxy) is 1. The smallest absolute Gasteiger partial charge is 0.137 e. The van der Waals surface area contributed by atoms with Crippen LogP contribution in [-0.2, 0) is 13.0 Å². The predicted octanol–water partition coefficient (Wildman–Crippen LogP) is 3.48. The molecule has 0 radical (unpaired) electrons. The summed E-state index contributed by atoms with van der Waals surface area (Å²) in [7, 11) is 0. The summed E-state index contributed by atoms with van der Waals surface area (Å²) in [6.45, 7) is 1.13. The van der Waals surface area contributed by atoms with Gasteiger partial charge in [-0.2, -0.15) is 11.3 Å². The molecule has 2 aromatic rings. The third-order valence-corrected chi connectivity index (χ3v) is 3.49. The largest absolute Gasteiger partial charge is 0.492 e. The molecular formula is C13H14ClNOS. The number of benzene rings is 1. The van der Waals surface area contributed by atoms with Crippen molar-refractivity contribution in [3.8, 4) is 5.75 Å². The van der Waals surface area contributed by atoms with E-state index in [9.17, 15) is 0 Å². The van der Waals surface area contributed by atoms with Gasteiger partial charge < -0.3 is 10.5 Å². The quantitative estimate of drug-likeness (QED) is 0.900. The van der Waals surface area contributed by atoms with Crippen molar-refractivity contribution in [3.05, 3.63) is 51.2 Å². The van der Waals surface area contributed by atoms with Crippen molar-refractivity contribution < 1.29 is 4.74 Å². The van der Waals surface area contributed by atoms with Gasteiger partial charge in [0.2, 0.25) is 0 Å². The van der Waals surface area contributed by atoms with E-state index in [1.165, 1.54) is 5.56 Å². The van der Waals surface area contributed by atoms with E-state index in [-0.39, 0.29) is 0 Å². The summed E-state index contributed by atoms with van der Waals surface area (Å²) in [4.78, 5) is 0. The maximum Gasteiger partial charge on any atom is 0.137 e. The van der Waals surface area contributed by atoms with Crippen molar-refractivity contribution in [3.63, 3.8) is 0 Å². The van der Waals surface area contributed by atoms with Gasteiger partial charge in [0.15, 0.2) is 0 Å². The number of hydrogen-bond donors (Lipinski definition) is 1. The van der Waals surface area contributed by atoms with Crippen LogP contribution in [0.15, 0.2) is 35.0 Å². The molecule has 0 spiro atoms. The third kappa shape index (κ3) is 3.46. The topological polar surface area (TPSA) is 35.2 Å². The van der Waals surface area contributed by atoms with E-state index in [4.69, 9.17) is 22.1 Å². The van der Waals surface area contributed by atoms with E-state index in [2.05, 4.69) is 16.8 Å². The van der Waals surface area contributed by atoms with Gasteiger partial charge >= 0.3 is 0 Å². The Balaban J connectivity index is 1.90. The third-order valence-electron chi connectivity index (χ3n) is 2.46. The summed E-state index contributed by atoms with van der Waals surface area (Å²) in [5.41, 5.74) is 7.84. The molecule has 0 unspecified atom stereocenters. The van der Waals surface area contributed by atoms with Crippen molar-refractivity contribution in [2.45, 2.75) is 13.0 Å². The zero-order valence-electron chi connectivity index (χ0n) is 9.36. The molecule has 2 N–H and O–H groups in total. The maximum absolute atomic E-state index is 6.09. The number of thiophene rings is 1. The zero-order valence-corrected chi connectivity index (χ0v) is 10.9. The highest BCUT2D eigenvalue weighted by Crippen LogP contribution is 2.25. The lowest BCUT2D eigenvalue weighted by molar-refractivity contribution is 0.322. The number of halogens is 1. The minimum absolute atomic E-state index is 0.495. The SMILES string of the molecule is NCc1ccc(OCCc2ccsc2)c(Cl)c1. The first-order chi connectivity index (χ1) is 8.29. The van der Waals surface area contributed by atoms with E-state index >= 15 is 0 Å². The first-order valence-electron chi connectivity index (χ1n) is 5.42. The molecule has 0 fully saturated rings. The normalized spacial score (nSPS) is 10.5. The van der Waals surface area contributed by atoms with E-state index in [0.29, 0.717) is 18.2 Å². The highest BCUT2D eigenvalue weighted by molar-refractivity contribution is 7.07. The first kappa shape index (κ1) is 12.4. The summed E-state index contributed by atoms with van der Waals surface area (Å²) < 4.78 is 5.64. The predicted molar refractivity (Wildman–Crippen MR) is 72.9 cm³/mol. The van der Waals surface area contributed by atoms with Crippen LogP contribution in [0.25, 0.3) is 0 Å². The number of nitrogens with two attached hydrogens (primary N) is 1. The van der Waals surface area contributed by atoms with E-state index in [1.807, 2.05) is 18.2 Å². The van der Waals surface area contributed by atoms with Gasteiger partial charge in [-0.15, -0.1) is 0 Å². The highest BCUT2D eigenvalue weighted by atomic mass is 35.5. The van der Waals surface area contributed by atoms with Gasteiger partial charge in [0, 0.05) is 13.0 Å². The second kappa shape index (κ2) is 6.05. The highest BCUT2D eigenvalue weighted by Gasteiger charge is 2.02. The van der Waals surface area contributed by atoms with Gasteiger partial charge in [0.25, 0.3) is 0 Å². The van der Waals surface area contributed by atoms with E-state index < -0.39 is 0 Å². The van der Waals surface area contributed by atoms with Gasteiger partial charge in [0.05, 0.1) is 11.6 Å². The Morgan fingerprint density at radius 3 is 2.76 bits per heavy atom. The van der Waals surface area contributed by atoms with Crippen LogP contribution >= 0.6 is 22.9 Å². The molecule has 0 aliphatic rings. The second-order valence-corrected chi connectivity index (χ2v) is 4.89. The molecule has 17 heavy (non-hydrogen) atoms. The number of rotatable bonds is 5. The van der Waals surface area contributed by atoms with E-state index in [0.717, 1.165) is 17.7 Å². The molecular weight excluding hydrogens is 254 g/mol. The molecule has 0 aliphatic carbocycles. The molecule has 2 nitrogen and oxygen atoms in total. The summed E-state index contributed by atoms with van der Waals surface area (Å²) in [5.74, 6) is 0.721. The Labute approximate surface area is 110 Å². The Morgan fingerprint density at radius 1 is 1.24 bits per heavy atom. The molecule has 0 atom stereocenters. The molecule has 1 aromatic carbocycles. The Hall–Kier alpha value is -1.03. The van der Waals surface area contributed by atoms with Gasteiger partial charge in [-0.1, -0.05) is 17.7 Å². The second-order valence-electron chi connectivity index (χ2n) is 3.70. The minimum atomic E-state index is 0.495. The van der Waals surface area contributed by atoms with Crippen LogP contribution in [0.2, 0.25) is 5.02 Å². The van der Waals surface area contributed by atoms with Crippen molar-refractivity contribution in [2.75, 3.05) is 6.61 Å². The molecule has 0 saturated heterocycles. The Kier molecular flexibility index (Phi) is 4.42. The summed E-state index contributed by atoms with van der Waals surface area (Å²) in [5, 5.41) is 4.82. The summed E-state index contributed by atoms with van der Waals surface area (Å²) in [6.07, 6.45) is 0.901. The zero-order chi connectivity index (χ0) is 12.1. The van der Waals surface area contributed by atoms with Crippen LogP contribution in [-0.4, -0.2) is 6.61 Å². The van der Waals surface area contributed by atoms with Crippen LogP contribution in [0.3, 0.4) is 0 Å². The maximum atomic E-state index is 6.09. The molecule has 0 bridgehead atoms. The lowest BCUT2D eigenvalue weighted by Crippen LogP contribution is -2.02. The number of hydrogen-bond acceptors (Lipinski definition) is 3. The average Bonchev–Trinajstić information content (AvgIpc) is 2.84. The van der Waals surface area contributed by atoms with Crippen LogP contribution in [0.5, 0.6) is 5.75 Å². The molecule has 4 heteroatoms. The van der Waals surface area contributed by atoms with Gasteiger partial charge in [-0.3, -0.25) is 0 Å². The molecule has 0 saturated carbocycles. The summed E-state index contributed by atoms with van der Waals surface area (Å²) in [6, 6.07) is 7.76. The fourth-order valence-corrected chi connectivity index (χ4v) is 2.46. The Bertz CT molecular complexity index is 470. The Morgan fingerprint density at radius 2 is 2.12 bits per heavy atom. The van der Waals surface area contributed by atoms with Crippen molar-refractivity contribution in [1.82, 2.24) is 0 Å². The first-order valence-corrected chi connectivity index (χ1v) is 6.74. The molecule has 1 heterocycles. The van der Waals surface area contributed by atoms with Gasteiger partial charge in [-0.25, -0.2) is 0 Å². The summed E-state index contributed by atoms with van der Waals surface area (Å²) >= 11 is 7.79. The van der Waals surface area contributed by atoms with Crippen molar-refractivity contribution in [1.29, 1.82) is 0 Å². The fraction of sp³-hybridized carbons (Fsp3) is 0.231. The molecule has 1 aromatic heterocycles. The van der Waals surface area contributed by atoms with Crippen molar-refractivity contribution in [2.24, 2.45) is 5.73 Å².